The van der Waals surface area contributed by atoms with Crippen LogP contribution in [0.1, 0.15) is 62.5 Å². The highest BCUT2D eigenvalue weighted by molar-refractivity contribution is 5.84. The number of carbonyl (C=O) groups is 3. The van der Waals surface area contributed by atoms with Crippen molar-refractivity contribution >= 4 is 18.0 Å². The molecule has 0 saturated heterocycles. The molecule has 2 aromatic carbocycles. The van der Waals surface area contributed by atoms with E-state index in [1.807, 2.05) is 31.2 Å². The van der Waals surface area contributed by atoms with E-state index in [1.54, 1.807) is 0 Å². The molecule has 2 amide bonds. The molecular weight excluding hydrogens is 444 g/mol. The number of amides is 2. The largest absolute Gasteiger partial charge is 0.480 e. The number of aliphatic carboxylic acids is 1. The molecule has 0 aromatic heterocycles. The lowest BCUT2D eigenvalue weighted by molar-refractivity contribution is -0.147. The molecule has 186 valence electrons. The normalized spacial score (nSPS) is 19.2. The lowest BCUT2D eigenvalue weighted by Gasteiger charge is -2.30. The van der Waals surface area contributed by atoms with Gasteiger partial charge in [0, 0.05) is 18.5 Å². The van der Waals surface area contributed by atoms with Gasteiger partial charge in [-0.15, -0.1) is 0 Å². The molecule has 2 aliphatic carbocycles. The van der Waals surface area contributed by atoms with Crippen molar-refractivity contribution in [1.29, 1.82) is 0 Å². The number of carboxylic acids is 1. The van der Waals surface area contributed by atoms with E-state index in [-0.39, 0.29) is 31.0 Å². The van der Waals surface area contributed by atoms with Gasteiger partial charge in [-0.1, -0.05) is 74.7 Å². The van der Waals surface area contributed by atoms with E-state index in [0.717, 1.165) is 30.4 Å². The highest BCUT2D eigenvalue weighted by Gasteiger charge is 2.35. The summed E-state index contributed by atoms with van der Waals surface area (Å²) in [7, 11) is 0. The quantitative estimate of drug-likeness (QED) is 0.532. The smallest absolute Gasteiger partial charge is 0.407 e. The number of rotatable bonds is 8. The van der Waals surface area contributed by atoms with E-state index in [0.29, 0.717) is 25.8 Å². The van der Waals surface area contributed by atoms with Gasteiger partial charge in [0.1, 0.15) is 13.2 Å². The Bertz CT molecular complexity index is 1020. The Morgan fingerprint density at radius 2 is 1.60 bits per heavy atom. The minimum atomic E-state index is -1.03. The first kappa shape index (κ1) is 24.8. The van der Waals surface area contributed by atoms with Crippen molar-refractivity contribution in [1.82, 2.24) is 10.2 Å². The third-order valence-corrected chi connectivity index (χ3v) is 7.11. The average Bonchev–Trinajstić information content (AvgIpc) is 2.98. The third-order valence-electron chi connectivity index (χ3n) is 7.11. The van der Waals surface area contributed by atoms with Crippen molar-refractivity contribution in [3.8, 4) is 11.1 Å². The molecule has 1 fully saturated rings. The minimum Gasteiger partial charge on any atom is -0.480 e. The highest BCUT2D eigenvalue weighted by Crippen LogP contribution is 2.44. The standard InChI is InChI=1S/C28H34N2O5/c1-2-16-30(17-26(31)32)27(33)23-14-4-3-5-15-25(23)29-28(34)35-18-24-21-12-8-6-10-19(21)20-11-7-9-13-22(20)24/h6-13,23-25H,2-5,14-18H2,1H3,(H,29,34)(H,31,32)/t23-,25+/m0/s1. The Labute approximate surface area is 206 Å². The molecule has 0 radical (unpaired) electrons. The van der Waals surface area contributed by atoms with Crippen LogP contribution in [0.25, 0.3) is 11.1 Å². The molecule has 2 N–H and O–H groups in total. The maximum atomic E-state index is 13.3. The zero-order valence-corrected chi connectivity index (χ0v) is 20.2. The Morgan fingerprint density at radius 1 is 0.971 bits per heavy atom. The summed E-state index contributed by atoms with van der Waals surface area (Å²) in [6, 6.07) is 16.0. The van der Waals surface area contributed by atoms with Crippen LogP contribution in [-0.4, -0.2) is 53.7 Å². The first-order chi connectivity index (χ1) is 17.0. The van der Waals surface area contributed by atoms with Crippen LogP contribution in [0.2, 0.25) is 0 Å². The van der Waals surface area contributed by atoms with Crippen LogP contribution in [0.3, 0.4) is 0 Å². The second-order valence-corrected chi connectivity index (χ2v) is 9.47. The Balaban J connectivity index is 1.43. The van der Waals surface area contributed by atoms with Crippen molar-refractivity contribution in [3.05, 3.63) is 59.7 Å². The Hall–Kier alpha value is -3.35. The molecule has 0 aliphatic heterocycles. The maximum Gasteiger partial charge on any atom is 0.407 e. The lowest BCUT2D eigenvalue weighted by Crippen LogP contribution is -2.49. The molecule has 0 spiro atoms. The van der Waals surface area contributed by atoms with E-state index in [2.05, 4.69) is 29.6 Å². The van der Waals surface area contributed by atoms with Gasteiger partial charge >= 0.3 is 12.1 Å². The molecule has 0 bridgehead atoms. The van der Waals surface area contributed by atoms with Gasteiger partial charge in [0.15, 0.2) is 0 Å². The SMILES string of the molecule is CCCN(CC(=O)O)C(=O)[C@H]1CCCCC[C@H]1NC(=O)OCC1c2ccccc2-c2ccccc21. The molecule has 0 unspecified atom stereocenters. The molecule has 35 heavy (non-hydrogen) atoms. The fourth-order valence-corrected chi connectivity index (χ4v) is 5.50. The lowest BCUT2D eigenvalue weighted by atomic mass is 9.93. The molecule has 7 heteroatoms. The molecule has 0 heterocycles. The number of hydrogen-bond donors (Lipinski definition) is 2. The Kier molecular flexibility index (Phi) is 8.06. The second kappa shape index (κ2) is 11.4. The van der Waals surface area contributed by atoms with E-state index < -0.39 is 18.0 Å². The number of carboxylic acid groups (broad SMARTS) is 1. The monoisotopic (exact) mass is 478 g/mol. The summed E-state index contributed by atoms with van der Waals surface area (Å²) >= 11 is 0. The van der Waals surface area contributed by atoms with Crippen LogP contribution < -0.4 is 5.32 Å². The maximum absolute atomic E-state index is 13.3. The second-order valence-electron chi connectivity index (χ2n) is 9.47. The molecule has 2 aromatic rings. The number of benzene rings is 2. The minimum absolute atomic E-state index is 0.0321. The van der Waals surface area contributed by atoms with E-state index in [9.17, 15) is 19.5 Å². The number of carbonyl (C=O) groups excluding carboxylic acids is 2. The number of hydrogen-bond acceptors (Lipinski definition) is 4. The van der Waals surface area contributed by atoms with Crippen molar-refractivity contribution in [2.24, 2.45) is 5.92 Å². The summed E-state index contributed by atoms with van der Waals surface area (Å²) in [4.78, 5) is 38.9. The number of nitrogens with one attached hydrogen (secondary N) is 1. The number of fused-ring (bicyclic) bond motifs is 3. The molecule has 1 saturated carbocycles. The van der Waals surface area contributed by atoms with Crippen LogP contribution in [0.5, 0.6) is 0 Å². The number of alkyl carbamates (subject to hydrolysis) is 1. The van der Waals surface area contributed by atoms with Gasteiger partial charge in [0.2, 0.25) is 5.91 Å². The first-order valence-electron chi connectivity index (χ1n) is 12.6. The van der Waals surface area contributed by atoms with Crippen LogP contribution in [0.4, 0.5) is 4.79 Å². The van der Waals surface area contributed by atoms with Crippen molar-refractivity contribution in [2.45, 2.75) is 57.4 Å². The summed E-state index contributed by atoms with van der Waals surface area (Å²) in [6.07, 6.45) is 4.23. The van der Waals surface area contributed by atoms with E-state index in [4.69, 9.17) is 4.74 Å². The van der Waals surface area contributed by atoms with Crippen LogP contribution in [-0.2, 0) is 14.3 Å². The first-order valence-corrected chi connectivity index (χ1v) is 12.6. The van der Waals surface area contributed by atoms with Gasteiger partial charge in [-0.25, -0.2) is 4.79 Å². The zero-order valence-electron chi connectivity index (χ0n) is 20.2. The van der Waals surface area contributed by atoms with Crippen LogP contribution in [0.15, 0.2) is 48.5 Å². The molecule has 4 rings (SSSR count). The van der Waals surface area contributed by atoms with E-state index in [1.165, 1.54) is 16.0 Å². The van der Waals surface area contributed by atoms with Crippen molar-refractivity contribution < 1.29 is 24.2 Å². The topological polar surface area (TPSA) is 95.9 Å². The van der Waals surface area contributed by atoms with Gasteiger partial charge in [-0.2, -0.15) is 0 Å². The molecule has 7 nitrogen and oxygen atoms in total. The predicted molar refractivity (Wildman–Crippen MR) is 133 cm³/mol. The van der Waals surface area contributed by atoms with Gasteiger partial charge < -0.3 is 20.1 Å². The predicted octanol–water partition coefficient (Wildman–Crippen LogP) is 4.80. The fourth-order valence-electron chi connectivity index (χ4n) is 5.50. The average molecular weight is 479 g/mol. The summed E-state index contributed by atoms with van der Waals surface area (Å²) in [6.45, 7) is 2.20. The fraction of sp³-hybridized carbons (Fsp3) is 0.464. The number of nitrogens with zero attached hydrogens (tertiary/aromatic N) is 1. The third kappa shape index (κ3) is 5.66. The molecular formula is C28H34N2O5. The van der Waals surface area contributed by atoms with Gasteiger partial charge in [-0.3, -0.25) is 9.59 Å². The summed E-state index contributed by atoms with van der Waals surface area (Å²) < 4.78 is 5.71. The zero-order chi connectivity index (χ0) is 24.8. The van der Waals surface area contributed by atoms with Gasteiger partial charge in [0.05, 0.1) is 5.92 Å². The van der Waals surface area contributed by atoms with Gasteiger partial charge in [-0.05, 0) is 41.5 Å². The summed E-state index contributed by atoms with van der Waals surface area (Å²) in [5.74, 6) is -1.69. The molecule has 2 aliphatic rings. The van der Waals surface area contributed by atoms with Crippen molar-refractivity contribution in [2.75, 3.05) is 19.7 Å². The molecule has 2 atom stereocenters. The van der Waals surface area contributed by atoms with Crippen molar-refractivity contribution in [3.63, 3.8) is 0 Å². The van der Waals surface area contributed by atoms with Gasteiger partial charge in [0.25, 0.3) is 0 Å². The van der Waals surface area contributed by atoms with Crippen LogP contribution in [0, 0.1) is 5.92 Å². The number of ether oxygens (including phenoxy) is 1. The van der Waals surface area contributed by atoms with E-state index >= 15 is 0 Å². The highest BCUT2D eigenvalue weighted by atomic mass is 16.5. The summed E-state index contributed by atoms with van der Waals surface area (Å²) in [5.41, 5.74) is 4.63. The van der Waals surface area contributed by atoms with Crippen LogP contribution >= 0.6 is 0 Å². The Morgan fingerprint density at radius 3 is 2.23 bits per heavy atom. The summed E-state index contributed by atoms with van der Waals surface area (Å²) in [5, 5.41) is 12.2.